The zero-order valence-corrected chi connectivity index (χ0v) is 18.2. The highest BCUT2D eigenvalue weighted by Gasteiger charge is 2.41. The van der Waals surface area contributed by atoms with Crippen LogP contribution in [-0.2, 0) is 6.54 Å². The van der Waals surface area contributed by atoms with Gasteiger partial charge in [0.25, 0.3) is 5.69 Å². The molecule has 164 valence electrons. The van der Waals surface area contributed by atoms with E-state index in [1.807, 2.05) is 48.5 Å². The first-order valence-corrected chi connectivity index (χ1v) is 10.7. The highest BCUT2D eigenvalue weighted by molar-refractivity contribution is 7.80. The molecule has 2 atom stereocenters. The van der Waals surface area contributed by atoms with Crippen molar-refractivity contribution in [1.29, 1.82) is 0 Å². The summed E-state index contributed by atoms with van der Waals surface area (Å²) < 4.78 is 6.26. The summed E-state index contributed by atoms with van der Waals surface area (Å²) in [4.78, 5) is 21.6. The normalized spacial score (nSPS) is 17.7. The van der Waals surface area contributed by atoms with E-state index in [0.717, 1.165) is 17.0 Å². The maximum Gasteiger partial charge on any atom is 0.269 e. The van der Waals surface area contributed by atoms with Gasteiger partial charge in [0.2, 0.25) is 0 Å². The average Bonchev–Trinajstić information content (AvgIpc) is 3.45. The van der Waals surface area contributed by atoms with Gasteiger partial charge in [-0.25, -0.2) is 0 Å². The third-order valence-corrected chi connectivity index (χ3v) is 5.89. The molecule has 3 aromatic heterocycles. The summed E-state index contributed by atoms with van der Waals surface area (Å²) in [5, 5.41) is 14.9. The van der Waals surface area contributed by atoms with Gasteiger partial charge in [-0.05, 0) is 60.7 Å². The minimum absolute atomic E-state index is 0.0348. The fourth-order valence-electron chi connectivity index (χ4n) is 3.97. The molecule has 1 N–H and O–H groups in total. The van der Waals surface area contributed by atoms with Crippen molar-refractivity contribution in [1.82, 2.24) is 20.2 Å². The Morgan fingerprint density at radius 3 is 2.42 bits per heavy atom. The Morgan fingerprint density at radius 1 is 1.00 bits per heavy atom. The number of nitrogens with one attached hydrogen (secondary N) is 1. The van der Waals surface area contributed by atoms with Crippen LogP contribution in [0.3, 0.4) is 0 Å². The monoisotopic (exact) mass is 457 g/mol. The molecule has 1 aliphatic rings. The Morgan fingerprint density at radius 2 is 1.76 bits per heavy atom. The molecule has 2 unspecified atom stereocenters. The van der Waals surface area contributed by atoms with E-state index in [1.165, 1.54) is 12.1 Å². The van der Waals surface area contributed by atoms with Gasteiger partial charge in [-0.3, -0.25) is 20.1 Å². The van der Waals surface area contributed by atoms with Crippen molar-refractivity contribution in [3.63, 3.8) is 0 Å². The van der Waals surface area contributed by atoms with Crippen LogP contribution in [0.5, 0.6) is 0 Å². The standard InChI is InChI=1S/C24H19N5O3S/c30-29(31)18-9-7-16(8-10-18)20-11-12-21(32-20)23-22(19-6-2-4-14-26-19)27-24(33)28(23)15-17-5-1-3-13-25-17/h1-14,22-23H,15H2,(H,27,33). The van der Waals surface area contributed by atoms with Crippen molar-refractivity contribution in [2.24, 2.45) is 0 Å². The summed E-state index contributed by atoms with van der Waals surface area (Å²) >= 11 is 5.69. The van der Waals surface area contributed by atoms with Gasteiger partial charge in [0, 0.05) is 30.1 Å². The van der Waals surface area contributed by atoms with E-state index in [-0.39, 0.29) is 17.8 Å². The number of non-ortho nitro benzene ring substituents is 1. The average molecular weight is 458 g/mol. The summed E-state index contributed by atoms with van der Waals surface area (Å²) in [6.07, 6.45) is 3.51. The summed E-state index contributed by atoms with van der Waals surface area (Å²) in [5.41, 5.74) is 2.52. The topological polar surface area (TPSA) is 97.3 Å². The number of nitro groups is 1. The van der Waals surface area contributed by atoms with Gasteiger partial charge in [0.1, 0.15) is 17.6 Å². The minimum Gasteiger partial charge on any atom is -0.459 e. The molecule has 0 amide bonds. The van der Waals surface area contributed by atoms with E-state index in [2.05, 4.69) is 20.2 Å². The molecule has 8 nitrogen and oxygen atoms in total. The van der Waals surface area contributed by atoms with E-state index < -0.39 is 4.92 Å². The van der Waals surface area contributed by atoms with Crippen molar-refractivity contribution in [3.8, 4) is 11.3 Å². The van der Waals surface area contributed by atoms with Gasteiger partial charge in [-0.2, -0.15) is 0 Å². The number of hydrogen-bond acceptors (Lipinski definition) is 6. The number of nitro benzene ring substituents is 1. The second-order valence-corrected chi connectivity index (χ2v) is 7.97. The molecule has 5 rings (SSSR count). The lowest BCUT2D eigenvalue weighted by molar-refractivity contribution is -0.384. The Bertz CT molecular complexity index is 1280. The number of aromatic nitrogens is 2. The lowest BCUT2D eigenvalue weighted by atomic mass is 10.0. The summed E-state index contributed by atoms with van der Waals surface area (Å²) in [6.45, 7) is 0.508. The first-order chi connectivity index (χ1) is 16.1. The van der Waals surface area contributed by atoms with E-state index in [9.17, 15) is 10.1 Å². The second kappa shape index (κ2) is 8.79. The first-order valence-electron chi connectivity index (χ1n) is 10.3. The molecule has 4 aromatic rings. The van der Waals surface area contributed by atoms with Crippen molar-refractivity contribution >= 4 is 23.0 Å². The van der Waals surface area contributed by atoms with E-state index in [4.69, 9.17) is 16.6 Å². The second-order valence-electron chi connectivity index (χ2n) is 7.58. The van der Waals surface area contributed by atoms with E-state index >= 15 is 0 Å². The van der Waals surface area contributed by atoms with Crippen molar-refractivity contribution in [2.45, 2.75) is 18.6 Å². The Hall–Kier alpha value is -4.11. The molecule has 0 spiro atoms. The maximum atomic E-state index is 11.0. The molecule has 0 saturated carbocycles. The number of thiocarbonyl (C=S) groups is 1. The van der Waals surface area contributed by atoms with Crippen LogP contribution >= 0.6 is 12.2 Å². The molecule has 1 fully saturated rings. The SMILES string of the molecule is O=[N+]([O-])c1ccc(-c2ccc(C3C(c4ccccn4)NC(=S)N3Cc3ccccn3)o2)cc1. The molecule has 0 bridgehead atoms. The summed E-state index contributed by atoms with van der Waals surface area (Å²) in [6, 6.07) is 21.2. The molecule has 1 aromatic carbocycles. The largest absolute Gasteiger partial charge is 0.459 e. The minimum atomic E-state index is -0.421. The molecule has 9 heteroatoms. The number of rotatable bonds is 6. The van der Waals surface area contributed by atoms with Gasteiger partial charge in [-0.1, -0.05) is 12.1 Å². The lowest BCUT2D eigenvalue weighted by Gasteiger charge is -2.25. The molecule has 0 aliphatic carbocycles. The van der Waals surface area contributed by atoms with Gasteiger partial charge >= 0.3 is 0 Å². The number of furan rings is 1. The molecule has 1 aliphatic heterocycles. The van der Waals surface area contributed by atoms with Crippen molar-refractivity contribution in [2.75, 3.05) is 0 Å². The van der Waals surface area contributed by atoms with Crippen LogP contribution in [0.4, 0.5) is 5.69 Å². The molecule has 0 radical (unpaired) electrons. The van der Waals surface area contributed by atoms with Crippen LogP contribution in [0.25, 0.3) is 11.3 Å². The van der Waals surface area contributed by atoms with Crippen LogP contribution in [0.1, 0.15) is 29.2 Å². The van der Waals surface area contributed by atoms with Gasteiger partial charge in [0.05, 0.1) is 28.9 Å². The zero-order chi connectivity index (χ0) is 22.8. The molecule has 4 heterocycles. The number of nitrogens with zero attached hydrogens (tertiary/aromatic N) is 4. The maximum absolute atomic E-state index is 11.0. The van der Waals surface area contributed by atoms with Crippen LogP contribution in [0.15, 0.2) is 89.6 Å². The number of benzene rings is 1. The summed E-state index contributed by atoms with van der Waals surface area (Å²) in [5.74, 6) is 1.33. The molecule has 1 saturated heterocycles. The smallest absolute Gasteiger partial charge is 0.269 e. The van der Waals surface area contributed by atoms with E-state index in [0.29, 0.717) is 23.2 Å². The third kappa shape index (κ3) is 4.18. The number of hydrogen-bond donors (Lipinski definition) is 1. The van der Waals surface area contributed by atoms with Gasteiger partial charge < -0.3 is 14.6 Å². The van der Waals surface area contributed by atoms with Crippen LogP contribution in [0.2, 0.25) is 0 Å². The zero-order valence-electron chi connectivity index (χ0n) is 17.4. The summed E-state index contributed by atoms with van der Waals surface area (Å²) in [7, 11) is 0. The fraction of sp³-hybridized carbons (Fsp3) is 0.125. The fourth-order valence-corrected chi connectivity index (χ4v) is 4.27. The molecular weight excluding hydrogens is 438 g/mol. The third-order valence-electron chi connectivity index (χ3n) is 5.54. The predicted molar refractivity (Wildman–Crippen MR) is 126 cm³/mol. The van der Waals surface area contributed by atoms with Gasteiger partial charge in [0.15, 0.2) is 5.11 Å². The van der Waals surface area contributed by atoms with Crippen molar-refractivity contribution < 1.29 is 9.34 Å². The Labute approximate surface area is 195 Å². The highest BCUT2D eigenvalue weighted by atomic mass is 32.1. The van der Waals surface area contributed by atoms with Crippen LogP contribution in [-0.4, -0.2) is 24.9 Å². The Kier molecular flexibility index (Phi) is 5.54. The van der Waals surface area contributed by atoms with Crippen molar-refractivity contribution in [3.05, 3.63) is 112 Å². The van der Waals surface area contributed by atoms with Gasteiger partial charge in [-0.15, -0.1) is 0 Å². The molecule has 33 heavy (non-hydrogen) atoms. The number of pyridine rings is 2. The van der Waals surface area contributed by atoms with Crippen LogP contribution < -0.4 is 5.32 Å². The Balaban J connectivity index is 1.51. The quantitative estimate of drug-likeness (QED) is 0.250. The molecular formula is C24H19N5O3S. The van der Waals surface area contributed by atoms with Crippen LogP contribution in [0, 0.1) is 10.1 Å². The highest BCUT2D eigenvalue weighted by Crippen LogP contribution is 2.41. The predicted octanol–water partition coefficient (Wildman–Crippen LogP) is 4.82. The van der Waals surface area contributed by atoms with E-state index in [1.54, 1.807) is 24.5 Å². The lowest BCUT2D eigenvalue weighted by Crippen LogP contribution is -2.29. The first kappa shape index (κ1) is 20.8.